The largest absolute Gasteiger partial charge is 0.495 e. The van der Waals surface area contributed by atoms with Gasteiger partial charge in [0.2, 0.25) is 5.91 Å². The van der Waals surface area contributed by atoms with E-state index in [9.17, 15) is 19.2 Å². The van der Waals surface area contributed by atoms with Gasteiger partial charge in [-0.1, -0.05) is 42.5 Å². The van der Waals surface area contributed by atoms with Gasteiger partial charge in [0, 0.05) is 10.9 Å². The summed E-state index contributed by atoms with van der Waals surface area (Å²) in [6, 6.07) is 16.3. The molecule has 0 aliphatic rings. The van der Waals surface area contributed by atoms with E-state index in [4.69, 9.17) is 9.47 Å². The van der Waals surface area contributed by atoms with Crippen LogP contribution in [-0.2, 0) is 16.1 Å². The SMILES string of the molecule is CCOC(=O)c1c(-c2ccccc2)csc1NC(=O)Cn1cnc2sc(C(=O)Nc3ccccc3OC)c(C)c2c1=O. The maximum atomic E-state index is 13.4. The number of ether oxygens (including phenoxy) is 2. The van der Waals surface area contributed by atoms with Gasteiger partial charge >= 0.3 is 5.97 Å². The summed E-state index contributed by atoms with van der Waals surface area (Å²) in [6.45, 7) is 3.21. The van der Waals surface area contributed by atoms with Crippen molar-refractivity contribution in [2.75, 3.05) is 24.4 Å². The number of carbonyl (C=O) groups excluding carboxylic acids is 3. The van der Waals surface area contributed by atoms with Gasteiger partial charge in [-0.15, -0.1) is 22.7 Å². The molecule has 5 aromatic rings. The van der Waals surface area contributed by atoms with Gasteiger partial charge in [-0.05, 0) is 37.1 Å². The molecule has 0 saturated carbocycles. The van der Waals surface area contributed by atoms with Crippen molar-refractivity contribution in [1.29, 1.82) is 0 Å². The van der Waals surface area contributed by atoms with Gasteiger partial charge in [0.1, 0.15) is 27.7 Å². The molecule has 5 rings (SSSR count). The predicted octanol–water partition coefficient (Wildman–Crippen LogP) is 5.57. The number of aromatic nitrogens is 2. The molecule has 0 radical (unpaired) electrons. The van der Waals surface area contributed by atoms with Crippen LogP contribution in [0.2, 0.25) is 0 Å². The average molecular weight is 603 g/mol. The van der Waals surface area contributed by atoms with Crippen molar-refractivity contribution in [2.45, 2.75) is 20.4 Å². The topological polar surface area (TPSA) is 129 Å². The quantitative estimate of drug-likeness (QED) is 0.211. The highest BCUT2D eigenvalue weighted by molar-refractivity contribution is 7.20. The smallest absolute Gasteiger partial charge is 0.341 e. The Morgan fingerprint density at radius 2 is 1.76 bits per heavy atom. The van der Waals surface area contributed by atoms with Crippen molar-refractivity contribution in [2.24, 2.45) is 0 Å². The van der Waals surface area contributed by atoms with Crippen molar-refractivity contribution in [3.8, 4) is 16.9 Å². The second-order valence-electron chi connectivity index (χ2n) is 9.06. The van der Waals surface area contributed by atoms with Crippen LogP contribution in [0.15, 0.2) is 71.1 Å². The summed E-state index contributed by atoms with van der Waals surface area (Å²) in [5.41, 5.74) is 2.20. The molecule has 0 atom stereocenters. The fourth-order valence-electron chi connectivity index (χ4n) is 4.42. The average Bonchev–Trinajstić information content (AvgIpc) is 3.56. The second kappa shape index (κ2) is 12.4. The Morgan fingerprint density at radius 3 is 2.50 bits per heavy atom. The Kier molecular flexibility index (Phi) is 8.46. The molecule has 0 spiro atoms. The van der Waals surface area contributed by atoms with E-state index in [-0.39, 0.29) is 24.1 Å². The molecule has 0 saturated heterocycles. The zero-order valence-corrected chi connectivity index (χ0v) is 24.6. The van der Waals surface area contributed by atoms with Gasteiger partial charge < -0.3 is 20.1 Å². The third kappa shape index (κ3) is 5.67. The fraction of sp³-hybridized carbons (Fsp3) is 0.167. The number of hydrogen-bond acceptors (Lipinski definition) is 9. The maximum Gasteiger partial charge on any atom is 0.341 e. The molecule has 0 aliphatic carbocycles. The molecule has 3 heterocycles. The number of hydrogen-bond donors (Lipinski definition) is 2. The van der Waals surface area contributed by atoms with Crippen LogP contribution in [0.1, 0.15) is 32.5 Å². The maximum absolute atomic E-state index is 13.4. The Balaban J connectivity index is 1.39. The first-order chi connectivity index (χ1) is 20.3. The van der Waals surface area contributed by atoms with E-state index in [1.807, 2.05) is 30.3 Å². The minimum Gasteiger partial charge on any atom is -0.495 e. The van der Waals surface area contributed by atoms with Gasteiger partial charge in [0.05, 0.1) is 36.0 Å². The number of anilines is 2. The van der Waals surface area contributed by atoms with Crippen molar-refractivity contribution in [3.63, 3.8) is 0 Å². The molecule has 2 amide bonds. The van der Waals surface area contributed by atoms with Crippen LogP contribution in [0.3, 0.4) is 0 Å². The molecule has 214 valence electrons. The van der Waals surface area contributed by atoms with Gasteiger partial charge in [-0.25, -0.2) is 9.78 Å². The Bertz CT molecular complexity index is 1860. The molecular weight excluding hydrogens is 576 g/mol. The molecular formula is C30H26N4O6S2. The van der Waals surface area contributed by atoms with Crippen LogP contribution in [0.25, 0.3) is 21.3 Å². The summed E-state index contributed by atoms with van der Waals surface area (Å²) in [7, 11) is 1.51. The first kappa shape index (κ1) is 28.7. The van der Waals surface area contributed by atoms with E-state index in [1.54, 1.807) is 43.5 Å². The molecule has 2 aromatic carbocycles. The highest BCUT2D eigenvalue weighted by Gasteiger charge is 2.24. The van der Waals surface area contributed by atoms with E-state index in [2.05, 4.69) is 15.6 Å². The number of amides is 2. The summed E-state index contributed by atoms with van der Waals surface area (Å²) in [6.07, 6.45) is 1.28. The number of aryl methyl sites for hydroxylation is 1. The molecule has 12 heteroatoms. The molecule has 42 heavy (non-hydrogen) atoms. The molecule has 0 fully saturated rings. The van der Waals surface area contributed by atoms with Gasteiger partial charge in [-0.2, -0.15) is 0 Å². The minimum atomic E-state index is -0.555. The Morgan fingerprint density at radius 1 is 1.02 bits per heavy atom. The number of carbonyl (C=O) groups is 3. The molecule has 0 unspecified atom stereocenters. The molecule has 0 bridgehead atoms. The number of thiophene rings is 2. The first-order valence-corrected chi connectivity index (χ1v) is 14.6. The van der Waals surface area contributed by atoms with E-state index in [0.717, 1.165) is 16.9 Å². The van der Waals surface area contributed by atoms with E-state index < -0.39 is 23.3 Å². The summed E-state index contributed by atoms with van der Waals surface area (Å²) in [5.74, 6) is -0.973. The number of benzene rings is 2. The van der Waals surface area contributed by atoms with Crippen LogP contribution >= 0.6 is 22.7 Å². The standard InChI is InChI=1S/C30H26N4O6S2/c1-4-40-30(38)24-19(18-10-6-5-7-11-18)15-41-28(24)33-22(35)14-34-16-31-27-23(29(34)37)17(2)25(42-27)26(36)32-20-12-8-9-13-21(20)39-3/h5-13,15-16H,4,14H2,1-3H3,(H,32,36)(H,33,35). The predicted molar refractivity (Wildman–Crippen MR) is 164 cm³/mol. The zero-order valence-electron chi connectivity index (χ0n) is 22.9. The number of para-hydroxylation sites is 2. The molecule has 2 N–H and O–H groups in total. The lowest BCUT2D eigenvalue weighted by Gasteiger charge is -2.10. The number of methoxy groups -OCH3 is 1. The third-order valence-corrected chi connectivity index (χ3v) is 8.50. The zero-order chi connectivity index (χ0) is 29.8. The van der Waals surface area contributed by atoms with Gasteiger partial charge in [0.25, 0.3) is 11.5 Å². The Labute approximate surface area is 248 Å². The minimum absolute atomic E-state index is 0.177. The number of esters is 1. The number of nitrogens with one attached hydrogen (secondary N) is 2. The second-order valence-corrected chi connectivity index (χ2v) is 10.9. The van der Waals surface area contributed by atoms with Crippen LogP contribution in [0, 0.1) is 6.92 Å². The summed E-state index contributed by atoms with van der Waals surface area (Å²) >= 11 is 2.29. The monoisotopic (exact) mass is 602 g/mol. The highest BCUT2D eigenvalue weighted by Crippen LogP contribution is 2.36. The fourth-order valence-corrected chi connectivity index (χ4v) is 6.43. The lowest BCUT2D eigenvalue weighted by Crippen LogP contribution is -2.28. The van der Waals surface area contributed by atoms with Gasteiger partial charge in [0.15, 0.2) is 0 Å². The van der Waals surface area contributed by atoms with E-state index in [0.29, 0.717) is 37.3 Å². The molecule has 3 aromatic heterocycles. The Hall–Kier alpha value is -4.81. The summed E-state index contributed by atoms with van der Waals surface area (Å²) in [4.78, 5) is 57.5. The number of rotatable bonds is 9. The lowest BCUT2D eigenvalue weighted by molar-refractivity contribution is -0.116. The van der Waals surface area contributed by atoms with Crippen molar-refractivity contribution in [1.82, 2.24) is 9.55 Å². The summed E-state index contributed by atoms with van der Waals surface area (Å²) < 4.78 is 11.7. The normalized spacial score (nSPS) is 10.8. The molecule has 10 nitrogen and oxygen atoms in total. The third-order valence-electron chi connectivity index (χ3n) is 6.40. The lowest BCUT2D eigenvalue weighted by atomic mass is 10.0. The van der Waals surface area contributed by atoms with Crippen LogP contribution in [0.4, 0.5) is 10.7 Å². The number of nitrogens with zero attached hydrogens (tertiary/aromatic N) is 2. The first-order valence-electron chi connectivity index (χ1n) is 12.9. The number of fused-ring (bicyclic) bond motifs is 1. The van der Waals surface area contributed by atoms with Crippen LogP contribution in [0.5, 0.6) is 5.75 Å². The van der Waals surface area contributed by atoms with Gasteiger partial charge in [-0.3, -0.25) is 19.0 Å². The van der Waals surface area contributed by atoms with Crippen molar-refractivity contribution >= 4 is 61.4 Å². The molecule has 0 aliphatic heterocycles. The highest BCUT2D eigenvalue weighted by atomic mass is 32.1. The van der Waals surface area contributed by atoms with Crippen LogP contribution in [-0.4, -0.2) is 41.1 Å². The van der Waals surface area contributed by atoms with Crippen molar-refractivity contribution < 1.29 is 23.9 Å². The van der Waals surface area contributed by atoms with E-state index in [1.165, 1.54) is 29.3 Å². The summed E-state index contributed by atoms with van der Waals surface area (Å²) in [5, 5.41) is 7.94. The van der Waals surface area contributed by atoms with Crippen LogP contribution < -0.4 is 20.9 Å². The van der Waals surface area contributed by atoms with E-state index >= 15 is 0 Å². The van der Waals surface area contributed by atoms with Crippen molar-refractivity contribution in [3.05, 3.63) is 92.7 Å².